The molecule has 0 aromatic heterocycles. The van der Waals surface area contributed by atoms with Crippen molar-refractivity contribution in [3.8, 4) is 5.75 Å². The zero-order valence-corrected chi connectivity index (χ0v) is 9.95. The van der Waals surface area contributed by atoms with Gasteiger partial charge in [-0.2, -0.15) is 0 Å². The van der Waals surface area contributed by atoms with Crippen molar-refractivity contribution in [1.29, 1.82) is 0 Å². The maximum atomic E-state index is 11.2. The second kappa shape index (κ2) is 5.51. The van der Waals surface area contributed by atoms with Gasteiger partial charge in [-0.15, -0.1) is 0 Å². The molecule has 0 aliphatic rings. The number of anilines is 1. The number of hydrogen-bond donors (Lipinski definition) is 2. The van der Waals surface area contributed by atoms with Crippen molar-refractivity contribution >= 4 is 11.6 Å². The topological polar surface area (TPSA) is 52.6 Å². The zero-order chi connectivity index (χ0) is 12.1. The molecule has 0 bridgehead atoms. The number of benzene rings is 1. The Morgan fingerprint density at radius 2 is 2.12 bits per heavy atom. The lowest BCUT2D eigenvalue weighted by molar-refractivity contribution is -0.115. The van der Waals surface area contributed by atoms with Gasteiger partial charge in [0.1, 0.15) is 5.75 Å². The van der Waals surface area contributed by atoms with Gasteiger partial charge >= 0.3 is 0 Å². The summed E-state index contributed by atoms with van der Waals surface area (Å²) in [4.78, 5) is 13.1. The van der Waals surface area contributed by atoms with Crippen LogP contribution in [0.3, 0.4) is 0 Å². The molecule has 0 aliphatic carbocycles. The first-order valence-corrected chi connectivity index (χ1v) is 5.29. The Morgan fingerprint density at radius 1 is 1.44 bits per heavy atom. The molecule has 0 heterocycles. The maximum Gasteiger partial charge on any atom is 0.224 e. The minimum absolute atomic E-state index is 0.0558. The number of phenolic OH excluding ortho intramolecular Hbond substituents is 1. The summed E-state index contributed by atoms with van der Waals surface area (Å²) >= 11 is 0. The van der Waals surface area contributed by atoms with E-state index in [1.54, 1.807) is 19.1 Å². The minimum atomic E-state index is -0.0558. The fourth-order valence-electron chi connectivity index (χ4n) is 1.37. The number of aromatic hydroxyl groups is 1. The fourth-order valence-corrected chi connectivity index (χ4v) is 1.37. The predicted molar refractivity (Wildman–Crippen MR) is 64.4 cm³/mol. The van der Waals surface area contributed by atoms with Gasteiger partial charge in [-0.3, -0.25) is 4.79 Å². The van der Waals surface area contributed by atoms with E-state index >= 15 is 0 Å². The van der Waals surface area contributed by atoms with Crippen LogP contribution in [-0.2, 0) is 11.3 Å². The van der Waals surface area contributed by atoms with Crippen LogP contribution >= 0.6 is 0 Å². The third kappa shape index (κ3) is 3.55. The summed E-state index contributed by atoms with van der Waals surface area (Å²) in [6.07, 6.45) is 0.431. The lowest BCUT2D eigenvalue weighted by Gasteiger charge is -2.12. The van der Waals surface area contributed by atoms with Crippen LogP contribution in [0.5, 0.6) is 5.75 Å². The highest BCUT2D eigenvalue weighted by atomic mass is 16.3. The summed E-state index contributed by atoms with van der Waals surface area (Å²) in [5, 5.41) is 12.4. The predicted octanol–water partition coefficient (Wildman–Crippen LogP) is 1.80. The Bertz CT molecular complexity index is 375. The van der Waals surface area contributed by atoms with Crippen LogP contribution in [0.4, 0.5) is 5.69 Å². The van der Waals surface area contributed by atoms with Gasteiger partial charge in [-0.1, -0.05) is 13.0 Å². The van der Waals surface area contributed by atoms with Crippen LogP contribution < -0.4 is 5.32 Å². The molecule has 0 spiro atoms. The number of nitrogens with one attached hydrogen (secondary N) is 1. The van der Waals surface area contributed by atoms with E-state index in [0.717, 1.165) is 5.56 Å². The first-order valence-electron chi connectivity index (χ1n) is 5.29. The van der Waals surface area contributed by atoms with Crippen molar-refractivity contribution in [2.75, 3.05) is 19.4 Å². The molecular formula is C12H18N2O2. The van der Waals surface area contributed by atoms with Gasteiger partial charge in [0.15, 0.2) is 0 Å². The molecule has 0 fully saturated rings. The van der Waals surface area contributed by atoms with Gasteiger partial charge in [0.05, 0.1) is 0 Å². The number of phenols is 1. The van der Waals surface area contributed by atoms with E-state index in [0.29, 0.717) is 18.7 Å². The molecule has 1 rings (SSSR count). The second-order valence-corrected chi connectivity index (χ2v) is 3.98. The minimum Gasteiger partial charge on any atom is -0.508 e. The average Bonchev–Trinajstić information content (AvgIpc) is 2.21. The van der Waals surface area contributed by atoms with Crippen LogP contribution in [0, 0.1) is 0 Å². The lowest BCUT2D eigenvalue weighted by Crippen LogP contribution is -2.12. The van der Waals surface area contributed by atoms with Crippen LogP contribution in [-0.4, -0.2) is 30.0 Å². The number of carbonyl (C=O) groups is 1. The third-order valence-corrected chi connectivity index (χ3v) is 2.18. The van der Waals surface area contributed by atoms with Gasteiger partial charge in [-0.25, -0.2) is 0 Å². The van der Waals surface area contributed by atoms with E-state index in [4.69, 9.17) is 0 Å². The van der Waals surface area contributed by atoms with E-state index in [2.05, 4.69) is 5.32 Å². The molecule has 0 atom stereocenters. The molecule has 0 saturated heterocycles. The summed E-state index contributed by atoms with van der Waals surface area (Å²) in [6.45, 7) is 2.46. The van der Waals surface area contributed by atoms with Crippen LogP contribution in [0.15, 0.2) is 18.2 Å². The van der Waals surface area contributed by atoms with Crippen molar-refractivity contribution in [3.63, 3.8) is 0 Å². The molecule has 0 aliphatic heterocycles. The fraction of sp³-hybridized carbons (Fsp3) is 0.417. The Hall–Kier alpha value is -1.55. The molecule has 1 aromatic rings. The first kappa shape index (κ1) is 12.5. The van der Waals surface area contributed by atoms with E-state index < -0.39 is 0 Å². The van der Waals surface area contributed by atoms with Gasteiger partial charge in [0.25, 0.3) is 0 Å². The highest BCUT2D eigenvalue weighted by Gasteiger charge is 2.05. The summed E-state index contributed by atoms with van der Waals surface area (Å²) in [5.74, 6) is 0.155. The van der Waals surface area contributed by atoms with E-state index in [1.165, 1.54) is 0 Å². The largest absolute Gasteiger partial charge is 0.508 e. The first-order chi connectivity index (χ1) is 7.52. The van der Waals surface area contributed by atoms with Crippen molar-refractivity contribution < 1.29 is 9.90 Å². The van der Waals surface area contributed by atoms with Crippen LogP contribution in [0.25, 0.3) is 0 Å². The molecule has 4 nitrogen and oxygen atoms in total. The van der Waals surface area contributed by atoms with Crippen molar-refractivity contribution in [3.05, 3.63) is 23.8 Å². The molecule has 2 N–H and O–H groups in total. The zero-order valence-electron chi connectivity index (χ0n) is 9.95. The highest BCUT2D eigenvalue weighted by Crippen LogP contribution is 2.22. The van der Waals surface area contributed by atoms with Gasteiger partial charge in [-0.05, 0) is 20.2 Å². The van der Waals surface area contributed by atoms with Crippen LogP contribution in [0.2, 0.25) is 0 Å². The standard InChI is InChI=1S/C12H18N2O2/c1-4-12(16)13-10-6-5-9(8-14(2)3)11(15)7-10/h5-7,15H,4,8H2,1-3H3,(H,13,16). The molecular weight excluding hydrogens is 204 g/mol. The Balaban J connectivity index is 2.78. The molecule has 16 heavy (non-hydrogen) atoms. The highest BCUT2D eigenvalue weighted by molar-refractivity contribution is 5.90. The molecule has 0 radical (unpaired) electrons. The average molecular weight is 222 g/mol. The normalized spacial score (nSPS) is 10.5. The molecule has 0 unspecified atom stereocenters. The quantitative estimate of drug-likeness (QED) is 0.816. The summed E-state index contributed by atoms with van der Waals surface area (Å²) in [7, 11) is 3.87. The van der Waals surface area contributed by atoms with Gasteiger partial charge in [0.2, 0.25) is 5.91 Å². The smallest absolute Gasteiger partial charge is 0.224 e. The Kier molecular flexibility index (Phi) is 4.31. The summed E-state index contributed by atoms with van der Waals surface area (Å²) in [6, 6.07) is 5.19. The lowest BCUT2D eigenvalue weighted by atomic mass is 10.1. The van der Waals surface area contributed by atoms with Crippen LogP contribution in [0.1, 0.15) is 18.9 Å². The van der Waals surface area contributed by atoms with E-state index in [-0.39, 0.29) is 11.7 Å². The van der Waals surface area contributed by atoms with Crippen molar-refractivity contribution in [1.82, 2.24) is 4.90 Å². The number of carbonyl (C=O) groups excluding carboxylic acids is 1. The molecule has 88 valence electrons. The molecule has 1 aromatic carbocycles. The monoisotopic (exact) mass is 222 g/mol. The van der Waals surface area contributed by atoms with E-state index in [1.807, 2.05) is 25.1 Å². The number of nitrogens with zero attached hydrogens (tertiary/aromatic N) is 1. The molecule has 1 amide bonds. The molecule has 4 heteroatoms. The Morgan fingerprint density at radius 3 is 2.62 bits per heavy atom. The third-order valence-electron chi connectivity index (χ3n) is 2.18. The van der Waals surface area contributed by atoms with Gasteiger partial charge < -0.3 is 15.3 Å². The summed E-state index contributed by atoms with van der Waals surface area (Å²) in [5.41, 5.74) is 1.48. The number of hydrogen-bond acceptors (Lipinski definition) is 3. The molecule has 0 saturated carbocycles. The number of amides is 1. The Labute approximate surface area is 95.9 Å². The SMILES string of the molecule is CCC(=O)Nc1ccc(CN(C)C)c(O)c1. The van der Waals surface area contributed by atoms with Crippen molar-refractivity contribution in [2.45, 2.75) is 19.9 Å². The van der Waals surface area contributed by atoms with E-state index in [9.17, 15) is 9.90 Å². The summed E-state index contributed by atoms with van der Waals surface area (Å²) < 4.78 is 0. The van der Waals surface area contributed by atoms with Gasteiger partial charge in [0, 0.05) is 30.3 Å². The maximum absolute atomic E-state index is 11.2. The number of rotatable bonds is 4. The second-order valence-electron chi connectivity index (χ2n) is 3.98. The van der Waals surface area contributed by atoms with Crippen molar-refractivity contribution in [2.24, 2.45) is 0 Å².